The van der Waals surface area contributed by atoms with Crippen LogP contribution >= 0.6 is 0 Å². The molecule has 0 bridgehead atoms. The van der Waals surface area contributed by atoms with Crippen molar-refractivity contribution in [2.75, 3.05) is 0 Å². The van der Waals surface area contributed by atoms with Crippen LogP contribution in [0.4, 0.5) is 0 Å². The summed E-state index contributed by atoms with van der Waals surface area (Å²) in [4.78, 5) is 10.2. The SMILES string of the molecule is O=C(O)C(O)c1ccccc1.[Cd]. The second kappa shape index (κ2) is 5.26. The largest absolute Gasteiger partial charge is 0.479 e. The first kappa shape index (κ1) is 11.6. The van der Waals surface area contributed by atoms with Gasteiger partial charge < -0.3 is 10.2 Å². The third-order valence-corrected chi connectivity index (χ3v) is 1.35. The zero-order valence-corrected chi connectivity index (χ0v) is 10.5. The molecule has 1 rings (SSSR count). The van der Waals surface area contributed by atoms with E-state index in [0.717, 1.165) is 0 Å². The van der Waals surface area contributed by atoms with Crippen molar-refractivity contribution in [2.24, 2.45) is 0 Å². The van der Waals surface area contributed by atoms with Crippen molar-refractivity contribution in [1.29, 1.82) is 0 Å². The second-order valence-corrected chi connectivity index (χ2v) is 2.15. The molecule has 0 fully saturated rings. The van der Waals surface area contributed by atoms with E-state index in [1.807, 2.05) is 0 Å². The Labute approximate surface area is 90.2 Å². The van der Waals surface area contributed by atoms with Crippen LogP contribution in [-0.4, -0.2) is 16.2 Å². The number of benzene rings is 1. The van der Waals surface area contributed by atoms with Crippen LogP contribution < -0.4 is 0 Å². The second-order valence-electron chi connectivity index (χ2n) is 2.15. The van der Waals surface area contributed by atoms with Crippen LogP contribution in [0.5, 0.6) is 0 Å². The van der Waals surface area contributed by atoms with Crippen molar-refractivity contribution in [3.8, 4) is 0 Å². The van der Waals surface area contributed by atoms with Gasteiger partial charge in [0.05, 0.1) is 0 Å². The van der Waals surface area contributed by atoms with E-state index < -0.39 is 12.1 Å². The Balaban J connectivity index is 0.00000121. The molecule has 0 aliphatic heterocycles. The fraction of sp³-hybridized carbons (Fsp3) is 0.125. The smallest absolute Gasteiger partial charge is 0.337 e. The first-order valence-corrected chi connectivity index (χ1v) is 3.17. The average Bonchev–Trinajstić information content (AvgIpc) is 2.05. The summed E-state index contributed by atoms with van der Waals surface area (Å²) >= 11 is 0. The predicted molar refractivity (Wildman–Crippen MR) is 39.0 cm³/mol. The van der Waals surface area contributed by atoms with Gasteiger partial charge in [-0.2, -0.15) is 0 Å². The molecule has 0 saturated carbocycles. The molecular weight excluding hydrogens is 256 g/mol. The number of carboxylic acid groups (broad SMARTS) is 1. The van der Waals surface area contributed by atoms with E-state index in [1.165, 1.54) is 0 Å². The normalized spacial score (nSPS) is 11.4. The summed E-state index contributed by atoms with van der Waals surface area (Å²) < 4.78 is 0. The number of aliphatic hydroxyl groups is 1. The van der Waals surface area contributed by atoms with E-state index >= 15 is 0 Å². The summed E-state index contributed by atoms with van der Waals surface area (Å²) in [5.41, 5.74) is 0.403. The molecule has 0 aromatic heterocycles. The maximum atomic E-state index is 10.2. The third-order valence-electron chi connectivity index (χ3n) is 1.35. The van der Waals surface area contributed by atoms with Gasteiger partial charge in [0.15, 0.2) is 6.10 Å². The number of aliphatic carboxylic acids is 1. The van der Waals surface area contributed by atoms with Crippen LogP contribution in [0.3, 0.4) is 0 Å². The predicted octanol–water partition coefficient (Wildman–Crippen LogP) is 0.802. The van der Waals surface area contributed by atoms with Crippen LogP contribution in [0.15, 0.2) is 30.3 Å². The van der Waals surface area contributed by atoms with Gasteiger partial charge in [-0.1, -0.05) is 30.3 Å². The molecule has 0 radical (unpaired) electrons. The Bertz CT molecular complexity index is 248. The van der Waals surface area contributed by atoms with Crippen molar-refractivity contribution >= 4 is 5.97 Å². The number of hydrogen-bond acceptors (Lipinski definition) is 2. The van der Waals surface area contributed by atoms with Crippen LogP contribution in [0.25, 0.3) is 0 Å². The Morgan fingerprint density at radius 1 is 1.25 bits per heavy atom. The van der Waals surface area contributed by atoms with Gasteiger partial charge in [-0.05, 0) is 5.56 Å². The van der Waals surface area contributed by atoms with Gasteiger partial charge in [-0.3, -0.25) is 0 Å². The number of rotatable bonds is 2. The van der Waals surface area contributed by atoms with Crippen molar-refractivity contribution in [3.63, 3.8) is 0 Å². The first-order chi connectivity index (χ1) is 5.22. The monoisotopic (exact) mass is 266 g/mol. The van der Waals surface area contributed by atoms with Gasteiger partial charge in [-0.15, -0.1) is 0 Å². The summed E-state index contributed by atoms with van der Waals surface area (Å²) in [5.74, 6) is -1.23. The van der Waals surface area contributed by atoms with Gasteiger partial charge in [0, 0.05) is 27.3 Å². The molecule has 1 aromatic carbocycles. The molecule has 0 saturated heterocycles. The molecule has 60 valence electrons. The molecule has 3 nitrogen and oxygen atoms in total. The summed E-state index contributed by atoms with van der Waals surface area (Å²) in [7, 11) is 0. The molecule has 2 N–H and O–H groups in total. The van der Waals surface area contributed by atoms with Crippen LogP contribution in [0.1, 0.15) is 11.7 Å². The average molecular weight is 265 g/mol. The molecule has 0 amide bonds. The Kier molecular flexibility index (Phi) is 5.07. The van der Waals surface area contributed by atoms with E-state index in [1.54, 1.807) is 30.3 Å². The standard InChI is InChI=1S/C8H8O3.Cd/c9-7(8(10)11)6-4-2-1-3-5-6;/h1-5,7,9H,(H,10,11);. The van der Waals surface area contributed by atoms with Crippen LogP contribution in [0, 0.1) is 0 Å². The topological polar surface area (TPSA) is 57.5 Å². The molecule has 12 heavy (non-hydrogen) atoms. The summed E-state index contributed by atoms with van der Waals surface area (Å²) in [5, 5.41) is 17.4. The van der Waals surface area contributed by atoms with Crippen LogP contribution in [-0.2, 0) is 32.1 Å². The molecule has 1 atom stereocenters. The molecule has 1 aromatic rings. The van der Waals surface area contributed by atoms with Crippen molar-refractivity contribution in [2.45, 2.75) is 6.10 Å². The summed E-state index contributed by atoms with van der Waals surface area (Å²) in [6.45, 7) is 0. The van der Waals surface area contributed by atoms with Gasteiger partial charge in [0.25, 0.3) is 0 Å². The molecule has 1 unspecified atom stereocenters. The zero-order chi connectivity index (χ0) is 8.27. The number of hydrogen-bond donors (Lipinski definition) is 2. The number of carbonyl (C=O) groups is 1. The third kappa shape index (κ3) is 2.90. The Morgan fingerprint density at radius 3 is 2.17 bits per heavy atom. The Morgan fingerprint density at radius 2 is 1.75 bits per heavy atom. The summed E-state index contributed by atoms with van der Waals surface area (Å²) in [6, 6.07) is 8.26. The minimum Gasteiger partial charge on any atom is -0.479 e. The van der Waals surface area contributed by atoms with E-state index in [-0.39, 0.29) is 27.3 Å². The van der Waals surface area contributed by atoms with Crippen molar-refractivity contribution < 1.29 is 42.3 Å². The fourth-order valence-corrected chi connectivity index (χ4v) is 0.778. The van der Waals surface area contributed by atoms with E-state index in [0.29, 0.717) is 5.56 Å². The molecule has 0 spiro atoms. The minimum atomic E-state index is -1.41. The van der Waals surface area contributed by atoms with E-state index in [9.17, 15) is 4.79 Å². The van der Waals surface area contributed by atoms with Gasteiger partial charge in [-0.25, -0.2) is 4.79 Å². The number of carboxylic acids is 1. The van der Waals surface area contributed by atoms with Gasteiger partial charge >= 0.3 is 5.97 Å². The van der Waals surface area contributed by atoms with E-state index in [2.05, 4.69) is 0 Å². The van der Waals surface area contributed by atoms with Gasteiger partial charge in [0.2, 0.25) is 0 Å². The zero-order valence-electron chi connectivity index (χ0n) is 6.47. The molecule has 4 heteroatoms. The molecule has 0 aliphatic carbocycles. The molecular formula is C8H8CdO3. The Hall–Kier alpha value is -0.428. The van der Waals surface area contributed by atoms with Gasteiger partial charge in [0.1, 0.15) is 0 Å². The maximum absolute atomic E-state index is 10.2. The van der Waals surface area contributed by atoms with Crippen molar-refractivity contribution in [3.05, 3.63) is 35.9 Å². The molecule has 0 heterocycles. The fourth-order valence-electron chi connectivity index (χ4n) is 0.778. The van der Waals surface area contributed by atoms with Crippen molar-refractivity contribution in [1.82, 2.24) is 0 Å². The first-order valence-electron chi connectivity index (χ1n) is 3.17. The maximum Gasteiger partial charge on any atom is 0.337 e. The van der Waals surface area contributed by atoms with E-state index in [4.69, 9.17) is 10.2 Å². The quantitative estimate of drug-likeness (QED) is 0.777. The summed E-state index contributed by atoms with van der Waals surface area (Å²) in [6.07, 6.45) is -1.41. The molecule has 0 aliphatic rings. The van der Waals surface area contributed by atoms with Crippen LogP contribution in [0.2, 0.25) is 0 Å². The number of aliphatic hydroxyl groups excluding tert-OH is 1. The minimum absolute atomic E-state index is 0.